The van der Waals surface area contributed by atoms with Crippen molar-refractivity contribution in [3.63, 3.8) is 0 Å². The van der Waals surface area contributed by atoms with E-state index in [9.17, 15) is 0 Å². The van der Waals surface area contributed by atoms with Gasteiger partial charge in [0.1, 0.15) is 0 Å². The number of hydrogen-bond donors (Lipinski definition) is 0. The van der Waals surface area contributed by atoms with Crippen LogP contribution in [0.5, 0.6) is 0 Å². The first-order chi connectivity index (χ1) is 8.41. The first-order valence-corrected chi connectivity index (χ1v) is 8.54. The molecule has 100 valence electrons. The van der Waals surface area contributed by atoms with Crippen molar-refractivity contribution in [1.82, 2.24) is 0 Å². The molecular weight excluding hydrogens is 224 g/mol. The molecule has 0 fully saturated rings. The quantitative estimate of drug-likeness (QED) is 0.320. The summed E-state index contributed by atoms with van der Waals surface area (Å²) in [7, 11) is 0. The normalized spacial score (nSPS) is 10.0. The van der Waals surface area contributed by atoms with Gasteiger partial charge in [-0.05, 0) is 31.3 Å². The largest absolute Gasteiger partial charge is 0.162 e. The minimum Gasteiger partial charge on any atom is -0.162 e. The predicted octanol–water partition coefficient (Wildman–Crippen LogP) is 5.66. The SMILES string of the molecule is CC#CCCCCCCCCCCCSCC. The number of unbranched alkanes of at least 4 members (excludes halogenated alkanes) is 9. The fraction of sp³-hybridized carbons (Fsp3) is 0.875. The van der Waals surface area contributed by atoms with E-state index in [2.05, 4.69) is 30.5 Å². The second-order valence-electron chi connectivity index (χ2n) is 4.56. The van der Waals surface area contributed by atoms with Gasteiger partial charge in [0.15, 0.2) is 0 Å². The Balaban J connectivity index is 2.91. The smallest absolute Gasteiger partial charge is 0.00885 e. The van der Waals surface area contributed by atoms with Crippen molar-refractivity contribution in [2.24, 2.45) is 0 Å². The maximum Gasteiger partial charge on any atom is 0.00885 e. The van der Waals surface area contributed by atoms with Crippen molar-refractivity contribution in [3.05, 3.63) is 0 Å². The van der Waals surface area contributed by atoms with Crippen molar-refractivity contribution >= 4 is 11.8 Å². The lowest BCUT2D eigenvalue weighted by Crippen LogP contribution is -1.84. The molecule has 0 aromatic heterocycles. The Morgan fingerprint density at radius 2 is 1.29 bits per heavy atom. The number of thioether (sulfide) groups is 1. The van der Waals surface area contributed by atoms with E-state index in [1.54, 1.807) is 0 Å². The van der Waals surface area contributed by atoms with E-state index in [1.807, 2.05) is 6.92 Å². The molecule has 0 aliphatic carbocycles. The molecule has 0 radical (unpaired) electrons. The van der Waals surface area contributed by atoms with Gasteiger partial charge in [-0.15, -0.1) is 11.8 Å². The second-order valence-corrected chi connectivity index (χ2v) is 5.95. The van der Waals surface area contributed by atoms with Gasteiger partial charge in [0.25, 0.3) is 0 Å². The van der Waals surface area contributed by atoms with E-state index in [0.717, 1.165) is 6.42 Å². The Hall–Kier alpha value is -0.0900. The number of rotatable bonds is 12. The van der Waals surface area contributed by atoms with Crippen LogP contribution in [0.3, 0.4) is 0 Å². The standard InChI is InChI=1S/C16H30S/c1-3-5-6-7-8-9-10-11-12-13-14-15-16-17-4-2/h4,6-16H2,1-2H3. The molecular formula is C16H30S. The van der Waals surface area contributed by atoms with E-state index in [0.29, 0.717) is 0 Å². The summed E-state index contributed by atoms with van der Waals surface area (Å²) in [4.78, 5) is 0. The van der Waals surface area contributed by atoms with Crippen LogP contribution >= 0.6 is 11.8 Å². The minimum absolute atomic E-state index is 1.10. The lowest BCUT2D eigenvalue weighted by molar-refractivity contribution is 0.568. The Labute approximate surface area is 113 Å². The summed E-state index contributed by atoms with van der Waals surface area (Å²) in [5, 5.41) is 0. The lowest BCUT2D eigenvalue weighted by atomic mass is 10.1. The fourth-order valence-electron chi connectivity index (χ4n) is 1.92. The molecule has 17 heavy (non-hydrogen) atoms. The lowest BCUT2D eigenvalue weighted by Gasteiger charge is -2.01. The van der Waals surface area contributed by atoms with Crippen LogP contribution in [0, 0.1) is 11.8 Å². The zero-order chi connectivity index (χ0) is 12.6. The molecule has 0 saturated heterocycles. The molecule has 0 bridgehead atoms. The average Bonchev–Trinajstić information content (AvgIpc) is 2.35. The second kappa shape index (κ2) is 15.9. The van der Waals surface area contributed by atoms with Crippen molar-refractivity contribution < 1.29 is 0 Å². The maximum atomic E-state index is 3.13. The monoisotopic (exact) mass is 254 g/mol. The summed E-state index contributed by atoms with van der Waals surface area (Å²) in [6.07, 6.45) is 13.8. The highest BCUT2D eigenvalue weighted by Gasteiger charge is 1.92. The molecule has 0 aromatic carbocycles. The van der Waals surface area contributed by atoms with E-state index < -0.39 is 0 Å². The van der Waals surface area contributed by atoms with Crippen LogP contribution in [-0.2, 0) is 0 Å². The maximum absolute atomic E-state index is 3.13. The zero-order valence-corrected chi connectivity index (χ0v) is 12.7. The van der Waals surface area contributed by atoms with Gasteiger partial charge in [-0.1, -0.05) is 51.9 Å². The van der Waals surface area contributed by atoms with Crippen LogP contribution in [0.25, 0.3) is 0 Å². The van der Waals surface area contributed by atoms with Gasteiger partial charge in [0, 0.05) is 6.42 Å². The van der Waals surface area contributed by atoms with Crippen molar-refractivity contribution in [1.29, 1.82) is 0 Å². The molecule has 0 saturated carbocycles. The zero-order valence-electron chi connectivity index (χ0n) is 11.9. The van der Waals surface area contributed by atoms with Gasteiger partial charge in [0.2, 0.25) is 0 Å². The number of hydrogen-bond acceptors (Lipinski definition) is 1. The van der Waals surface area contributed by atoms with Crippen molar-refractivity contribution in [2.75, 3.05) is 11.5 Å². The third-order valence-electron chi connectivity index (χ3n) is 2.97. The summed E-state index contributed by atoms with van der Waals surface area (Å²) in [5.41, 5.74) is 0. The molecule has 0 aliphatic heterocycles. The van der Waals surface area contributed by atoms with Crippen LogP contribution in [-0.4, -0.2) is 11.5 Å². The molecule has 1 heteroatoms. The summed E-state index contributed by atoms with van der Waals surface area (Å²) < 4.78 is 0. The third kappa shape index (κ3) is 15.9. The highest BCUT2D eigenvalue weighted by molar-refractivity contribution is 7.99. The highest BCUT2D eigenvalue weighted by Crippen LogP contribution is 2.12. The average molecular weight is 254 g/mol. The summed E-state index contributed by atoms with van der Waals surface area (Å²) in [6.45, 7) is 4.18. The molecule has 0 rings (SSSR count). The topological polar surface area (TPSA) is 0 Å². The molecule has 0 amide bonds. The van der Waals surface area contributed by atoms with Gasteiger partial charge in [0.05, 0.1) is 0 Å². The molecule has 0 spiro atoms. The van der Waals surface area contributed by atoms with Gasteiger partial charge >= 0.3 is 0 Å². The minimum atomic E-state index is 1.10. The van der Waals surface area contributed by atoms with Gasteiger partial charge in [-0.2, -0.15) is 11.8 Å². The Kier molecular flexibility index (Phi) is 15.8. The molecule has 0 atom stereocenters. The van der Waals surface area contributed by atoms with E-state index in [4.69, 9.17) is 0 Å². The highest BCUT2D eigenvalue weighted by atomic mass is 32.2. The van der Waals surface area contributed by atoms with E-state index >= 15 is 0 Å². The van der Waals surface area contributed by atoms with Crippen LogP contribution in [0.1, 0.15) is 78.1 Å². The van der Waals surface area contributed by atoms with Crippen LogP contribution < -0.4 is 0 Å². The van der Waals surface area contributed by atoms with Gasteiger partial charge < -0.3 is 0 Å². The van der Waals surface area contributed by atoms with Crippen LogP contribution in [0.2, 0.25) is 0 Å². The van der Waals surface area contributed by atoms with Gasteiger partial charge in [-0.3, -0.25) is 0 Å². The molecule has 0 aliphatic rings. The van der Waals surface area contributed by atoms with Crippen molar-refractivity contribution in [2.45, 2.75) is 78.1 Å². The van der Waals surface area contributed by atoms with Gasteiger partial charge in [-0.25, -0.2) is 0 Å². The third-order valence-corrected chi connectivity index (χ3v) is 3.96. The molecule has 0 unspecified atom stereocenters. The summed E-state index contributed by atoms with van der Waals surface area (Å²) >= 11 is 2.08. The molecule has 0 heterocycles. The van der Waals surface area contributed by atoms with E-state index in [-0.39, 0.29) is 0 Å². The van der Waals surface area contributed by atoms with Crippen LogP contribution in [0.4, 0.5) is 0 Å². The predicted molar refractivity (Wildman–Crippen MR) is 82.6 cm³/mol. The summed E-state index contributed by atoms with van der Waals surface area (Å²) in [5.74, 6) is 8.74. The molecule has 0 aromatic rings. The fourth-order valence-corrected chi connectivity index (χ4v) is 2.62. The molecule has 0 nitrogen and oxygen atoms in total. The van der Waals surface area contributed by atoms with Crippen LogP contribution in [0.15, 0.2) is 0 Å². The van der Waals surface area contributed by atoms with Crippen molar-refractivity contribution in [3.8, 4) is 11.8 Å². The Morgan fingerprint density at radius 1 is 0.765 bits per heavy atom. The Morgan fingerprint density at radius 3 is 1.82 bits per heavy atom. The Bertz CT molecular complexity index is 187. The van der Waals surface area contributed by atoms with E-state index in [1.165, 1.54) is 69.3 Å². The summed E-state index contributed by atoms with van der Waals surface area (Å²) in [6, 6.07) is 0. The first-order valence-electron chi connectivity index (χ1n) is 7.39. The first kappa shape index (κ1) is 16.9. The molecule has 0 N–H and O–H groups in total.